The largest absolute Gasteiger partial charge is 0.499 e. The number of fused-ring (bicyclic) bond motifs is 2. The van der Waals surface area contributed by atoms with Gasteiger partial charge in [-0.05, 0) is 59.1 Å². The number of ether oxygens (including phenoxy) is 2. The van der Waals surface area contributed by atoms with Crippen LogP contribution in [0.1, 0.15) is 32.1 Å². The van der Waals surface area contributed by atoms with Gasteiger partial charge in [-0.25, -0.2) is 9.98 Å². The summed E-state index contributed by atoms with van der Waals surface area (Å²) in [5.74, 6) is 1.38. The molecule has 1 fully saturated rings. The number of amides is 1. The Morgan fingerprint density at radius 1 is 1.16 bits per heavy atom. The van der Waals surface area contributed by atoms with Crippen molar-refractivity contribution in [3.05, 3.63) is 23.2 Å². The van der Waals surface area contributed by atoms with E-state index in [2.05, 4.69) is 45.6 Å². The molecule has 3 aliphatic heterocycles. The van der Waals surface area contributed by atoms with Crippen LogP contribution >= 0.6 is 0 Å². The zero-order chi connectivity index (χ0) is 22.5. The lowest BCUT2D eigenvalue weighted by Crippen LogP contribution is -2.34. The molecule has 0 aromatic carbocycles. The highest BCUT2D eigenvalue weighted by molar-refractivity contribution is 5.91. The molecule has 0 radical (unpaired) electrons. The third-order valence-electron chi connectivity index (χ3n) is 6.57. The first-order chi connectivity index (χ1) is 15.5. The van der Waals surface area contributed by atoms with Gasteiger partial charge in [0.05, 0.1) is 19.4 Å². The Bertz CT molecular complexity index is 821. The lowest BCUT2D eigenvalue weighted by atomic mass is 9.98. The van der Waals surface area contributed by atoms with Crippen molar-refractivity contribution in [2.45, 2.75) is 44.4 Å². The van der Waals surface area contributed by atoms with Crippen LogP contribution in [0.25, 0.3) is 0 Å². The molecule has 4 rings (SSSR count). The lowest BCUT2D eigenvalue weighted by molar-refractivity contribution is -0.122. The van der Waals surface area contributed by atoms with E-state index in [1.165, 1.54) is 0 Å². The van der Waals surface area contributed by atoms with Crippen LogP contribution in [0.5, 0.6) is 0 Å². The molecule has 1 aliphatic carbocycles. The summed E-state index contributed by atoms with van der Waals surface area (Å²) in [6, 6.07) is 0. The number of aliphatic imine (C=N–C) groups is 2. The van der Waals surface area contributed by atoms with Gasteiger partial charge in [-0.15, -0.1) is 0 Å². The summed E-state index contributed by atoms with van der Waals surface area (Å²) < 4.78 is 11.8. The second-order valence-electron chi connectivity index (χ2n) is 9.07. The lowest BCUT2D eigenvalue weighted by Gasteiger charge is -2.27. The predicted molar refractivity (Wildman–Crippen MR) is 124 cm³/mol. The highest BCUT2D eigenvalue weighted by Crippen LogP contribution is 2.30. The Morgan fingerprint density at radius 3 is 2.81 bits per heavy atom. The van der Waals surface area contributed by atoms with E-state index in [0.717, 1.165) is 61.8 Å². The maximum atomic E-state index is 12.8. The number of hydrogen-bond donors (Lipinski definition) is 2. The third kappa shape index (κ3) is 5.39. The summed E-state index contributed by atoms with van der Waals surface area (Å²) in [7, 11) is 5.96. The molecule has 3 atom stereocenters. The van der Waals surface area contributed by atoms with Crippen LogP contribution in [0.3, 0.4) is 0 Å². The van der Waals surface area contributed by atoms with E-state index >= 15 is 0 Å². The number of hydrogen-bond acceptors (Lipinski definition) is 8. The number of methoxy groups -OCH3 is 1. The van der Waals surface area contributed by atoms with E-state index in [0.29, 0.717) is 26.0 Å². The van der Waals surface area contributed by atoms with Gasteiger partial charge in [-0.2, -0.15) is 0 Å². The van der Waals surface area contributed by atoms with Crippen molar-refractivity contribution in [1.82, 2.24) is 20.4 Å². The van der Waals surface area contributed by atoms with Crippen molar-refractivity contribution in [2.24, 2.45) is 15.9 Å². The molecule has 32 heavy (non-hydrogen) atoms. The number of carbonyl (C=O) groups is 1. The van der Waals surface area contributed by atoms with E-state index in [-0.39, 0.29) is 24.1 Å². The monoisotopic (exact) mass is 444 g/mol. The van der Waals surface area contributed by atoms with E-state index in [4.69, 9.17) is 14.5 Å². The topological polar surface area (TPSA) is 90.8 Å². The van der Waals surface area contributed by atoms with Gasteiger partial charge in [0.2, 0.25) is 5.91 Å². The molecule has 9 heteroatoms. The predicted octanol–water partition coefficient (Wildman–Crippen LogP) is 1.10. The van der Waals surface area contributed by atoms with Crippen molar-refractivity contribution in [3.63, 3.8) is 0 Å². The van der Waals surface area contributed by atoms with Crippen molar-refractivity contribution < 1.29 is 14.3 Å². The standard InChI is InChI=1S/C23H36N6O3/c1-28-9-4-5-12-32-19-13-16(7-8-18(19)31-3)26-21-20-17(14-29(2)11-6-10-28)23(30)27-22(20)25-15-24-21/h8,15,17,19,22H,4-7,9-14H2,1-3H3,(H,24,25)(H,27,30). The first-order valence-electron chi connectivity index (χ1n) is 11.7. The van der Waals surface area contributed by atoms with E-state index < -0.39 is 0 Å². The Hall–Kier alpha value is -2.23. The Balaban J connectivity index is 1.61. The molecule has 3 unspecified atom stereocenters. The van der Waals surface area contributed by atoms with Gasteiger partial charge in [0.15, 0.2) is 0 Å². The van der Waals surface area contributed by atoms with E-state index in [1.807, 2.05) is 0 Å². The average Bonchev–Trinajstić information content (AvgIpc) is 3.09. The van der Waals surface area contributed by atoms with E-state index in [1.54, 1.807) is 13.4 Å². The highest BCUT2D eigenvalue weighted by atomic mass is 16.5. The number of carbonyl (C=O) groups excluding carboxylic acids is 1. The van der Waals surface area contributed by atoms with Gasteiger partial charge in [0.25, 0.3) is 0 Å². The third-order valence-corrected chi connectivity index (χ3v) is 6.57. The summed E-state index contributed by atoms with van der Waals surface area (Å²) in [6.45, 7) is 4.41. The molecule has 2 bridgehead atoms. The summed E-state index contributed by atoms with van der Waals surface area (Å²) in [5.41, 5.74) is 1.96. The summed E-state index contributed by atoms with van der Waals surface area (Å²) in [6.07, 6.45) is 7.83. The molecule has 0 aromatic rings. The second kappa shape index (κ2) is 10.6. The fourth-order valence-electron chi connectivity index (χ4n) is 4.78. The Morgan fingerprint density at radius 2 is 1.97 bits per heavy atom. The minimum Gasteiger partial charge on any atom is -0.499 e. The van der Waals surface area contributed by atoms with Crippen molar-refractivity contribution in [1.29, 1.82) is 0 Å². The van der Waals surface area contributed by atoms with Crippen LogP contribution in [0.2, 0.25) is 0 Å². The van der Waals surface area contributed by atoms with Crippen molar-refractivity contribution in [3.8, 4) is 0 Å². The normalized spacial score (nSPS) is 31.0. The SMILES string of the molecule is COC1=CCC2=NC3=C4C(N=CN3)NC(=O)C4CN(C)CCCN(C)CCCCOC1C2. The van der Waals surface area contributed by atoms with Crippen LogP contribution in [-0.4, -0.2) is 94.0 Å². The smallest absolute Gasteiger partial charge is 0.230 e. The van der Waals surface area contributed by atoms with Gasteiger partial charge in [-0.3, -0.25) is 4.79 Å². The van der Waals surface area contributed by atoms with Gasteiger partial charge in [0.1, 0.15) is 23.8 Å². The molecule has 0 spiro atoms. The molecular formula is C23H36N6O3. The van der Waals surface area contributed by atoms with E-state index in [9.17, 15) is 4.79 Å². The van der Waals surface area contributed by atoms with Gasteiger partial charge in [-0.1, -0.05) is 0 Å². The van der Waals surface area contributed by atoms with Crippen molar-refractivity contribution in [2.75, 3.05) is 54.0 Å². The zero-order valence-corrected chi connectivity index (χ0v) is 19.5. The molecule has 176 valence electrons. The minimum atomic E-state index is -0.334. The molecular weight excluding hydrogens is 408 g/mol. The molecule has 2 N–H and O–H groups in total. The quantitative estimate of drug-likeness (QED) is 0.630. The first kappa shape index (κ1) is 22.9. The van der Waals surface area contributed by atoms with Crippen LogP contribution < -0.4 is 10.6 Å². The molecule has 1 saturated heterocycles. The van der Waals surface area contributed by atoms with Gasteiger partial charge < -0.3 is 29.9 Å². The summed E-state index contributed by atoms with van der Waals surface area (Å²) in [4.78, 5) is 26.8. The molecule has 9 nitrogen and oxygen atoms in total. The Labute approximate surface area is 190 Å². The second-order valence-corrected chi connectivity index (χ2v) is 9.07. The zero-order valence-electron chi connectivity index (χ0n) is 19.5. The van der Waals surface area contributed by atoms with Crippen LogP contribution in [-0.2, 0) is 14.3 Å². The van der Waals surface area contributed by atoms with Crippen LogP contribution in [0, 0.1) is 5.92 Å². The van der Waals surface area contributed by atoms with Crippen molar-refractivity contribution >= 4 is 18.0 Å². The number of rotatable bonds is 1. The Kier molecular flexibility index (Phi) is 7.59. The molecule has 4 aliphatic rings. The molecule has 0 saturated carbocycles. The van der Waals surface area contributed by atoms with Gasteiger partial charge >= 0.3 is 0 Å². The van der Waals surface area contributed by atoms with Crippen LogP contribution in [0.15, 0.2) is 33.2 Å². The van der Waals surface area contributed by atoms with Crippen LogP contribution in [0.4, 0.5) is 0 Å². The summed E-state index contributed by atoms with van der Waals surface area (Å²) in [5, 5.41) is 6.22. The summed E-state index contributed by atoms with van der Waals surface area (Å²) >= 11 is 0. The fourth-order valence-corrected chi connectivity index (χ4v) is 4.78. The number of nitrogens with zero attached hydrogens (tertiary/aromatic N) is 4. The molecule has 3 heterocycles. The van der Waals surface area contributed by atoms with Gasteiger partial charge in [0, 0.05) is 37.3 Å². The maximum Gasteiger partial charge on any atom is 0.230 e. The number of nitrogens with one attached hydrogen (secondary N) is 2. The minimum absolute atomic E-state index is 0.0216. The average molecular weight is 445 g/mol. The maximum absolute atomic E-state index is 12.8. The molecule has 0 aromatic heterocycles. The number of allylic oxidation sites excluding steroid dienone is 1. The fraction of sp³-hybridized carbons (Fsp3) is 0.696. The molecule has 1 amide bonds. The highest BCUT2D eigenvalue weighted by Gasteiger charge is 2.41. The first-order valence-corrected chi connectivity index (χ1v) is 11.7.